The second-order valence-corrected chi connectivity index (χ2v) is 4.28. The number of aldehydes is 1. The van der Waals surface area contributed by atoms with Gasteiger partial charge in [-0.2, -0.15) is 13.2 Å². The van der Waals surface area contributed by atoms with E-state index in [4.69, 9.17) is 4.74 Å². The SMILES string of the molecule is Cc1cc(C=O)cc(C)c1OCC(=O)NCC(F)(F)F. The smallest absolute Gasteiger partial charge is 0.405 e. The summed E-state index contributed by atoms with van der Waals surface area (Å²) in [4.78, 5) is 21.9. The first kappa shape index (κ1) is 16.0. The van der Waals surface area contributed by atoms with Gasteiger partial charge in [-0.05, 0) is 37.1 Å². The van der Waals surface area contributed by atoms with Crippen LogP contribution in [0.3, 0.4) is 0 Å². The second-order valence-electron chi connectivity index (χ2n) is 4.28. The summed E-state index contributed by atoms with van der Waals surface area (Å²) in [5, 5.41) is 1.71. The molecule has 0 saturated carbocycles. The second kappa shape index (κ2) is 6.40. The van der Waals surface area contributed by atoms with Gasteiger partial charge in [-0.1, -0.05) is 0 Å². The lowest BCUT2D eigenvalue weighted by atomic mass is 10.1. The topological polar surface area (TPSA) is 55.4 Å². The van der Waals surface area contributed by atoms with Crippen LogP contribution in [0.2, 0.25) is 0 Å². The van der Waals surface area contributed by atoms with Gasteiger partial charge >= 0.3 is 6.18 Å². The van der Waals surface area contributed by atoms with Gasteiger partial charge in [0, 0.05) is 5.56 Å². The van der Waals surface area contributed by atoms with Crippen molar-refractivity contribution in [1.82, 2.24) is 5.32 Å². The molecular weight excluding hydrogens is 275 g/mol. The molecule has 1 amide bonds. The maximum absolute atomic E-state index is 11.9. The average molecular weight is 289 g/mol. The summed E-state index contributed by atoms with van der Waals surface area (Å²) < 4.78 is 40.9. The minimum atomic E-state index is -4.45. The number of halogens is 3. The quantitative estimate of drug-likeness (QED) is 0.845. The number of carbonyl (C=O) groups excluding carboxylic acids is 2. The molecule has 0 spiro atoms. The highest BCUT2D eigenvalue weighted by molar-refractivity contribution is 5.78. The van der Waals surface area contributed by atoms with Crippen LogP contribution in [0.15, 0.2) is 12.1 Å². The molecule has 0 heterocycles. The van der Waals surface area contributed by atoms with E-state index in [1.807, 2.05) is 0 Å². The van der Waals surface area contributed by atoms with E-state index in [1.54, 1.807) is 31.3 Å². The number of hydrogen-bond donors (Lipinski definition) is 1. The van der Waals surface area contributed by atoms with Crippen LogP contribution in [0.4, 0.5) is 13.2 Å². The number of alkyl halides is 3. The summed E-state index contributed by atoms with van der Waals surface area (Å²) in [6, 6.07) is 3.14. The van der Waals surface area contributed by atoms with Gasteiger partial charge in [0.25, 0.3) is 5.91 Å². The van der Waals surface area contributed by atoms with Crippen LogP contribution in [0.5, 0.6) is 5.75 Å². The van der Waals surface area contributed by atoms with Crippen LogP contribution in [-0.4, -0.2) is 31.5 Å². The maximum atomic E-state index is 11.9. The molecule has 1 aromatic rings. The number of ether oxygens (including phenoxy) is 1. The molecule has 0 fully saturated rings. The molecule has 1 rings (SSSR count). The summed E-state index contributed by atoms with van der Waals surface area (Å²) in [6.07, 6.45) is -3.77. The zero-order valence-electron chi connectivity index (χ0n) is 11.0. The third-order valence-corrected chi connectivity index (χ3v) is 2.45. The zero-order chi connectivity index (χ0) is 15.3. The van der Waals surface area contributed by atoms with E-state index in [2.05, 4.69) is 0 Å². The van der Waals surface area contributed by atoms with Crippen LogP contribution < -0.4 is 10.1 Å². The maximum Gasteiger partial charge on any atom is 0.405 e. The highest BCUT2D eigenvalue weighted by Crippen LogP contribution is 2.24. The Labute approximate surface area is 113 Å². The Morgan fingerprint density at radius 1 is 1.30 bits per heavy atom. The molecule has 0 aliphatic rings. The molecule has 1 aromatic carbocycles. The summed E-state index contributed by atoms with van der Waals surface area (Å²) in [5.41, 5.74) is 1.74. The van der Waals surface area contributed by atoms with Crippen LogP contribution in [0.25, 0.3) is 0 Å². The van der Waals surface area contributed by atoms with Gasteiger partial charge in [-0.3, -0.25) is 9.59 Å². The lowest BCUT2D eigenvalue weighted by Gasteiger charge is -2.13. The number of hydrogen-bond acceptors (Lipinski definition) is 3. The number of nitrogens with one attached hydrogen (secondary N) is 1. The molecule has 0 saturated heterocycles. The lowest BCUT2D eigenvalue weighted by Crippen LogP contribution is -2.36. The fourth-order valence-electron chi connectivity index (χ4n) is 1.67. The normalized spacial score (nSPS) is 11.1. The molecule has 0 aromatic heterocycles. The minimum Gasteiger partial charge on any atom is -0.483 e. The van der Waals surface area contributed by atoms with Crippen LogP contribution in [0.1, 0.15) is 21.5 Å². The molecule has 0 aliphatic heterocycles. The first-order valence-corrected chi connectivity index (χ1v) is 5.75. The van der Waals surface area contributed by atoms with E-state index < -0.39 is 25.2 Å². The Hall–Kier alpha value is -2.05. The monoisotopic (exact) mass is 289 g/mol. The molecule has 7 heteroatoms. The molecule has 20 heavy (non-hydrogen) atoms. The van der Waals surface area contributed by atoms with Crippen molar-refractivity contribution in [3.63, 3.8) is 0 Å². The number of benzene rings is 1. The van der Waals surface area contributed by atoms with Crippen LogP contribution in [0, 0.1) is 13.8 Å². The molecule has 0 unspecified atom stereocenters. The first-order valence-electron chi connectivity index (χ1n) is 5.75. The third-order valence-electron chi connectivity index (χ3n) is 2.45. The molecule has 110 valence electrons. The van der Waals surface area contributed by atoms with Gasteiger partial charge in [0.1, 0.15) is 18.6 Å². The van der Waals surface area contributed by atoms with Crippen LogP contribution in [-0.2, 0) is 4.79 Å². The van der Waals surface area contributed by atoms with Gasteiger partial charge in [-0.15, -0.1) is 0 Å². The molecule has 0 bridgehead atoms. The number of rotatable bonds is 5. The fourth-order valence-corrected chi connectivity index (χ4v) is 1.67. The van der Waals surface area contributed by atoms with Gasteiger partial charge < -0.3 is 10.1 Å². The summed E-state index contributed by atoms with van der Waals surface area (Å²) in [7, 11) is 0. The van der Waals surface area contributed by atoms with Gasteiger partial charge in [0.2, 0.25) is 0 Å². The van der Waals surface area contributed by atoms with E-state index in [9.17, 15) is 22.8 Å². The van der Waals surface area contributed by atoms with Crippen molar-refractivity contribution in [2.24, 2.45) is 0 Å². The number of amides is 1. The lowest BCUT2D eigenvalue weighted by molar-refractivity contribution is -0.139. The molecule has 0 aliphatic carbocycles. The van der Waals surface area contributed by atoms with E-state index in [-0.39, 0.29) is 0 Å². The molecule has 0 radical (unpaired) electrons. The standard InChI is InChI=1S/C13H14F3NO3/c1-8-3-10(5-18)4-9(2)12(8)20-6-11(19)17-7-13(14,15)16/h3-5H,6-7H2,1-2H3,(H,17,19). The third kappa shape index (κ3) is 4.91. The van der Waals surface area contributed by atoms with Crippen molar-refractivity contribution < 1.29 is 27.5 Å². The van der Waals surface area contributed by atoms with Crippen LogP contribution >= 0.6 is 0 Å². The highest BCUT2D eigenvalue weighted by Gasteiger charge is 2.27. The summed E-state index contributed by atoms with van der Waals surface area (Å²) in [6.45, 7) is 1.46. The highest BCUT2D eigenvalue weighted by atomic mass is 19.4. The molecule has 1 N–H and O–H groups in total. The Bertz CT molecular complexity index is 489. The average Bonchev–Trinajstić information content (AvgIpc) is 2.34. The van der Waals surface area contributed by atoms with Gasteiger partial charge in [-0.25, -0.2) is 0 Å². The van der Waals surface area contributed by atoms with Crippen molar-refractivity contribution in [3.8, 4) is 5.75 Å². The Morgan fingerprint density at radius 2 is 1.85 bits per heavy atom. The van der Waals surface area contributed by atoms with Crippen molar-refractivity contribution >= 4 is 12.2 Å². The number of aryl methyl sites for hydroxylation is 2. The summed E-state index contributed by atoms with van der Waals surface area (Å²) >= 11 is 0. The van der Waals surface area contributed by atoms with Crippen molar-refractivity contribution in [3.05, 3.63) is 28.8 Å². The Balaban J connectivity index is 2.62. The first-order chi connectivity index (χ1) is 9.23. The van der Waals surface area contributed by atoms with Gasteiger partial charge in [0.05, 0.1) is 0 Å². The molecular formula is C13H14F3NO3. The Kier molecular flexibility index (Phi) is 5.12. The fraction of sp³-hybridized carbons (Fsp3) is 0.385. The van der Waals surface area contributed by atoms with Crippen molar-refractivity contribution in [1.29, 1.82) is 0 Å². The largest absolute Gasteiger partial charge is 0.483 e. The van der Waals surface area contributed by atoms with E-state index in [0.717, 1.165) is 0 Å². The van der Waals surface area contributed by atoms with E-state index >= 15 is 0 Å². The predicted octanol–water partition coefficient (Wildman–Crippen LogP) is 2.17. The van der Waals surface area contributed by atoms with Crippen molar-refractivity contribution in [2.75, 3.05) is 13.2 Å². The Morgan fingerprint density at radius 3 is 2.30 bits per heavy atom. The molecule has 0 atom stereocenters. The zero-order valence-corrected chi connectivity index (χ0v) is 11.0. The summed E-state index contributed by atoms with van der Waals surface area (Å²) in [5.74, 6) is -0.474. The number of carbonyl (C=O) groups is 2. The van der Waals surface area contributed by atoms with Crippen molar-refractivity contribution in [2.45, 2.75) is 20.0 Å². The minimum absolute atomic E-state index is 0.387. The molecule has 4 nitrogen and oxygen atoms in total. The van der Waals surface area contributed by atoms with E-state index in [1.165, 1.54) is 0 Å². The van der Waals surface area contributed by atoms with E-state index in [0.29, 0.717) is 28.7 Å². The predicted molar refractivity (Wildman–Crippen MR) is 65.9 cm³/mol. The van der Waals surface area contributed by atoms with Gasteiger partial charge in [0.15, 0.2) is 6.61 Å².